The van der Waals surface area contributed by atoms with Crippen molar-refractivity contribution in [1.29, 1.82) is 0 Å². The molecule has 1 aliphatic carbocycles. The molecule has 0 spiro atoms. The van der Waals surface area contributed by atoms with Crippen molar-refractivity contribution in [3.63, 3.8) is 0 Å². The third kappa shape index (κ3) is 5.34. The van der Waals surface area contributed by atoms with E-state index < -0.39 is 0 Å². The topological polar surface area (TPSA) is 46.6 Å². The molecular formula is C29H34BrN3O2. The predicted molar refractivity (Wildman–Crippen MR) is 146 cm³/mol. The molecule has 2 aromatic carbocycles. The Balaban J connectivity index is 1.47. The van der Waals surface area contributed by atoms with Crippen molar-refractivity contribution in [3.8, 4) is 22.6 Å². The first-order valence-electron chi connectivity index (χ1n) is 12.6. The fraction of sp³-hybridized carbons (Fsp3) is 0.414. The average molecular weight is 537 g/mol. The van der Waals surface area contributed by atoms with Gasteiger partial charge in [-0.3, -0.25) is 4.98 Å². The first-order valence-corrected chi connectivity index (χ1v) is 13.4. The van der Waals surface area contributed by atoms with Gasteiger partial charge in [0.2, 0.25) is 0 Å². The Morgan fingerprint density at radius 1 is 0.943 bits per heavy atom. The van der Waals surface area contributed by atoms with Gasteiger partial charge in [-0.1, -0.05) is 22.4 Å². The van der Waals surface area contributed by atoms with Crippen molar-refractivity contribution >= 4 is 21.6 Å². The van der Waals surface area contributed by atoms with Crippen molar-refractivity contribution in [2.75, 3.05) is 32.2 Å². The van der Waals surface area contributed by atoms with Crippen molar-refractivity contribution in [2.45, 2.75) is 50.6 Å². The van der Waals surface area contributed by atoms with E-state index in [-0.39, 0.29) is 0 Å². The summed E-state index contributed by atoms with van der Waals surface area (Å²) >= 11 is 3.58. The van der Waals surface area contributed by atoms with E-state index in [0.717, 1.165) is 59.6 Å². The van der Waals surface area contributed by atoms with Crippen LogP contribution in [0.5, 0.6) is 11.5 Å². The van der Waals surface area contributed by atoms with Crippen LogP contribution in [0, 0.1) is 0 Å². The Morgan fingerprint density at radius 3 is 2.37 bits per heavy atom. The normalized spacial score (nSPS) is 16.5. The largest absolute Gasteiger partial charge is 0.493 e. The van der Waals surface area contributed by atoms with Gasteiger partial charge in [-0.15, -0.1) is 0 Å². The van der Waals surface area contributed by atoms with Crippen LogP contribution in [0.4, 0.5) is 5.69 Å². The number of ether oxygens (including phenoxy) is 2. The van der Waals surface area contributed by atoms with E-state index in [9.17, 15) is 0 Å². The van der Waals surface area contributed by atoms with Crippen LogP contribution in [0.15, 0.2) is 59.3 Å². The number of pyridine rings is 1. The van der Waals surface area contributed by atoms with E-state index in [1.807, 2.05) is 12.4 Å². The highest BCUT2D eigenvalue weighted by molar-refractivity contribution is 9.10. The molecule has 3 aromatic rings. The number of hydrogen-bond donors (Lipinski definition) is 1. The lowest BCUT2D eigenvalue weighted by molar-refractivity contribution is 0.337. The highest BCUT2D eigenvalue weighted by Gasteiger charge is 2.26. The molecule has 184 valence electrons. The number of methoxy groups -OCH3 is 2. The van der Waals surface area contributed by atoms with Gasteiger partial charge in [0, 0.05) is 46.3 Å². The second-order valence-corrected chi connectivity index (χ2v) is 10.5. The molecule has 2 heterocycles. The molecule has 2 aliphatic rings. The van der Waals surface area contributed by atoms with E-state index in [2.05, 4.69) is 73.6 Å². The number of nitrogens with one attached hydrogen (secondary N) is 1. The summed E-state index contributed by atoms with van der Waals surface area (Å²) in [5.74, 6) is 2.21. The van der Waals surface area contributed by atoms with E-state index in [0.29, 0.717) is 12.0 Å². The lowest BCUT2D eigenvalue weighted by atomic mass is 9.78. The Morgan fingerprint density at radius 2 is 1.71 bits per heavy atom. The standard InChI is InChI=1S/C29H34BrN3O2/c1-34-28-16-22(15-27(29(28)35-2)21-4-3-5-21)23-14-20(17-32-18-23)19-33(26-10-12-31-13-11-26)25-8-6-24(30)7-9-25/h6-9,14-18,21,26,31H,3-5,10-13,19H2,1-2H3. The van der Waals surface area contributed by atoms with E-state index in [4.69, 9.17) is 9.47 Å². The highest BCUT2D eigenvalue weighted by atomic mass is 79.9. The predicted octanol–water partition coefficient (Wildman–Crippen LogP) is 6.55. The molecule has 0 atom stereocenters. The summed E-state index contributed by atoms with van der Waals surface area (Å²) in [4.78, 5) is 7.20. The number of halogens is 1. The third-order valence-corrected chi connectivity index (χ3v) is 7.97. The summed E-state index contributed by atoms with van der Waals surface area (Å²) in [5, 5.41) is 3.50. The SMILES string of the molecule is COc1cc(-c2cncc(CN(c3ccc(Br)cc3)C3CCNCC3)c2)cc(C2CCC2)c1OC. The maximum absolute atomic E-state index is 5.76. The highest BCUT2D eigenvalue weighted by Crippen LogP contribution is 2.46. The minimum atomic E-state index is 0.507. The van der Waals surface area contributed by atoms with Gasteiger partial charge in [0.25, 0.3) is 0 Å². The van der Waals surface area contributed by atoms with Crippen LogP contribution >= 0.6 is 15.9 Å². The zero-order chi connectivity index (χ0) is 24.2. The Hall–Kier alpha value is -2.57. The smallest absolute Gasteiger partial charge is 0.164 e. The Labute approximate surface area is 217 Å². The van der Waals surface area contributed by atoms with E-state index in [1.165, 1.54) is 36.1 Å². The molecule has 0 amide bonds. The first kappa shape index (κ1) is 24.1. The number of benzene rings is 2. The molecule has 5 nitrogen and oxygen atoms in total. The molecule has 1 aromatic heterocycles. The molecule has 0 bridgehead atoms. The number of anilines is 1. The molecule has 1 saturated carbocycles. The quantitative estimate of drug-likeness (QED) is 0.354. The number of piperidine rings is 1. The molecule has 0 radical (unpaired) electrons. The van der Waals surface area contributed by atoms with Gasteiger partial charge >= 0.3 is 0 Å². The number of nitrogens with zero attached hydrogens (tertiary/aromatic N) is 2. The van der Waals surface area contributed by atoms with Crippen molar-refractivity contribution in [2.24, 2.45) is 0 Å². The fourth-order valence-electron chi connectivity index (χ4n) is 5.29. The second kappa shape index (κ2) is 11.0. The Bertz CT molecular complexity index is 1140. The van der Waals surface area contributed by atoms with Crippen LogP contribution in [-0.2, 0) is 6.54 Å². The maximum atomic E-state index is 5.76. The van der Waals surface area contributed by atoms with Gasteiger partial charge in [-0.25, -0.2) is 0 Å². The molecular weight excluding hydrogens is 502 g/mol. The van der Waals surface area contributed by atoms with Gasteiger partial charge in [0.1, 0.15) is 0 Å². The van der Waals surface area contributed by atoms with Gasteiger partial charge in [-0.05, 0) is 98.3 Å². The van der Waals surface area contributed by atoms with Crippen LogP contribution in [0.3, 0.4) is 0 Å². The van der Waals surface area contributed by atoms with Gasteiger partial charge in [-0.2, -0.15) is 0 Å². The third-order valence-electron chi connectivity index (χ3n) is 7.44. The van der Waals surface area contributed by atoms with Gasteiger partial charge < -0.3 is 19.7 Å². The van der Waals surface area contributed by atoms with Crippen LogP contribution in [0.2, 0.25) is 0 Å². The number of rotatable bonds is 8. The van der Waals surface area contributed by atoms with Crippen LogP contribution in [0.25, 0.3) is 11.1 Å². The average Bonchev–Trinajstić information content (AvgIpc) is 2.87. The lowest BCUT2D eigenvalue weighted by Gasteiger charge is -2.36. The van der Waals surface area contributed by atoms with E-state index >= 15 is 0 Å². The molecule has 35 heavy (non-hydrogen) atoms. The van der Waals surface area contributed by atoms with E-state index in [1.54, 1.807) is 14.2 Å². The summed E-state index contributed by atoms with van der Waals surface area (Å²) in [7, 11) is 3.45. The van der Waals surface area contributed by atoms with Crippen molar-refractivity contribution in [1.82, 2.24) is 10.3 Å². The van der Waals surface area contributed by atoms with Crippen LogP contribution in [0.1, 0.15) is 49.1 Å². The summed E-state index contributed by atoms with van der Waals surface area (Å²) < 4.78 is 12.6. The van der Waals surface area contributed by atoms with Gasteiger partial charge in [0.05, 0.1) is 14.2 Å². The molecule has 6 heteroatoms. The summed E-state index contributed by atoms with van der Waals surface area (Å²) in [6.45, 7) is 2.95. The van der Waals surface area contributed by atoms with Crippen molar-refractivity contribution in [3.05, 3.63) is 70.5 Å². The maximum Gasteiger partial charge on any atom is 0.164 e. The summed E-state index contributed by atoms with van der Waals surface area (Å²) in [6.07, 6.45) is 9.94. The van der Waals surface area contributed by atoms with Gasteiger partial charge in [0.15, 0.2) is 11.5 Å². The molecule has 1 N–H and O–H groups in total. The molecule has 1 aliphatic heterocycles. The molecule has 0 unspecified atom stereocenters. The number of hydrogen-bond acceptors (Lipinski definition) is 5. The summed E-state index contributed by atoms with van der Waals surface area (Å²) in [6, 6.07) is 15.8. The number of aromatic nitrogens is 1. The fourth-order valence-corrected chi connectivity index (χ4v) is 5.56. The molecule has 5 rings (SSSR count). The zero-order valence-corrected chi connectivity index (χ0v) is 22.2. The minimum absolute atomic E-state index is 0.507. The van der Waals surface area contributed by atoms with Crippen molar-refractivity contribution < 1.29 is 9.47 Å². The Kier molecular flexibility index (Phi) is 7.59. The molecule has 2 fully saturated rings. The minimum Gasteiger partial charge on any atom is -0.493 e. The second-order valence-electron chi connectivity index (χ2n) is 9.60. The molecule has 1 saturated heterocycles. The zero-order valence-electron chi connectivity index (χ0n) is 20.6. The van der Waals surface area contributed by atoms with Crippen LogP contribution in [-0.4, -0.2) is 38.3 Å². The lowest BCUT2D eigenvalue weighted by Crippen LogP contribution is -2.43. The summed E-state index contributed by atoms with van der Waals surface area (Å²) in [5.41, 5.74) is 5.97. The van der Waals surface area contributed by atoms with Crippen LogP contribution < -0.4 is 19.7 Å². The monoisotopic (exact) mass is 535 g/mol. The first-order chi connectivity index (χ1) is 17.2.